The standard InChI is InChI=1S/C14H26N2O4S/c1-21-11-5-3-2-4-8-15-13(19)16-14(12(17)18)6-9-20-10-7-14/h2-11H2,1H3,(H,17,18)(H2,15,16,19). The van der Waals surface area contributed by atoms with Crippen LogP contribution >= 0.6 is 11.8 Å². The molecule has 1 saturated heterocycles. The molecule has 0 aliphatic carbocycles. The average Bonchev–Trinajstić information content (AvgIpc) is 2.47. The molecule has 1 rings (SSSR count). The molecule has 0 aromatic heterocycles. The quantitative estimate of drug-likeness (QED) is 0.565. The van der Waals surface area contributed by atoms with Gasteiger partial charge in [0.05, 0.1) is 0 Å². The number of ether oxygens (including phenoxy) is 1. The Morgan fingerprint density at radius 1 is 1.19 bits per heavy atom. The van der Waals surface area contributed by atoms with Gasteiger partial charge in [-0.2, -0.15) is 11.8 Å². The number of hydrogen-bond donors (Lipinski definition) is 3. The first-order chi connectivity index (χ1) is 10.1. The van der Waals surface area contributed by atoms with Gasteiger partial charge in [-0.25, -0.2) is 9.59 Å². The number of carbonyl (C=O) groups excluding carboxylic acids is 1. The monoisotopic (exact) mass is 318 g/mol. The number of aliphatic carboxylic acids is 1. The van der Waals surface area contributed by atoms with Crippen molar-refractivity contribution in [2.24, 2.45) is 0 Å². The molecule has 6 nitrogen and oxygen atoms in total. The molecule has 0 radical (unpaired) electrons. The van der Waals surface area contributed by atoms with E-state index in [0.29, 0.717) is 32.6 Å². The first-order valence-electron chi connectivity index (χ1n) is 7.47. The van der Waals surface area contributed by atoms with Gasteiger partial charge in [0.2, 0.25) is 0 Å². The largest absolute Gasteiger partial charge is 0.480 e. The Kier molecular flexibility index (Phi) is 8.52. The third-order valence-electron chi connectivity index (χ3n) is 3.67. The van der Waals surface area contributed by atoms with E-state index in [1.807, 2.05) is 11.8 Å². The second-order valence-electron chi connectivity index (χ2n) is 5.29. The summed E-state index contributed by atoms with van der Waals surface area (Å²) in [6.45, 7) is 1.31. The molecular weight excluding hydrogens is 292 g/mol. The minimum absolute atomic E-state index is 0.310. The Hall–Kier alpha value is -0.950. The van der Waals surface area contributed by atoms with Crippen molar-refractivity contribution in [1.82, 2.24) is 10.6 Å². The number of carbonyl (C=O) groups is 2. The maximum atomic E-state index is 11.8. The molecule has 122 valence electrons. The van der Waals surface area contributed by atoms with Crippen molar-refractivity contribution >= 4 is 23.8 Å². The van der Waals surface area contributed by atoms with Crippen molar-refractivity contribution < 1.29 is 19.4 Å². The van der Waals surface area contributed by atoms with Gasteiger partial charge in [0.25, 0.3) is 0 Å². The van der Waals surface area contributed by atoms with Crippen LogP contribution in [0.1, 0.15) is 38.5 Å². The van der Waals surface area contributed by atoms with Crippen LogP contribution in [0, 0.1) is 0 Å². The summed E-state index contributed by atoms with van der Waals surface area (Å²) in [6.07, 6.45) is 7.09. The van der Waals surface area contributed by atoms with Gasteiger partial charge in [-0.1, -0.05) is 12.8 Å². The number of nitrogens with one attached hydrogen (secondary N) is 2. The lowest BCUT2D eigenvalue weighted by atomic mass is 9.90. The highest BCUT2D eigenvalue weighted by atomic mass is 32.2. The first kappa shape index (κ1) is 18.1. The Bertz CT molecular complexity index is 333. The van der Waals surface area contributed by atoms with Crippen LogP contribution in [-0.4, -0.2) is 54.4 Å². The molecule has 2 amide bonds. The summed E-state index contributed by atoms with van der Waals surface area (Å²) in [4.78, 5) is 23.2. The molecule has 0 aromatic rings. The van der Waals surface area contributed by atoms with E-state index in [1.54, 1.807) is 0 Å². The Balaban J connectivity index is 2.21. The van der Waals surface area contributed by atoms with E-state index in [9.17, 15) is 14.7 Å². The summed E-state index contributed by atoms with van der Waals surface area (Å²) in [6, 6.07) is -0.400. The summed E-state index contributed by atoms with van der Waals surface area (Å²) in [5.41, 5.74) is -1.18. The molecule has 0 spiro atoms. The van der Waals surface area contributed by atoms with E-state index >= 15 is 0 Å². The SMILES string of the molecule is CSCCCCCCNC(=O)NC1(C(=O)O)CCOCC1. The van der Waals surface area contributed by atoms with Crippen molar-refractivity contribution in [3.63, 3.8) is 0 Å². The van der Waals surface area contributed by atoms with Crippen molar-refractivity contribution in [1.29, 1.82) is 0 Å². The lowest BCUT2D eigenvalue weighted by molar-refractivity contribution is -0.148. The molecule has 0 unspecified atom stereocenters. The highest BCUT2D eigenvalue weighted by Crippen LogP contribution is 2.20. The summed E-state index contributed by atoms with van der Waals surface area (Å²) >= 11 is 1.85. The van der Waals surface area contributed by atoms with Crippen LogP contribution in [0.3, 0.4) is 0 Å². The number of hydrogen-bond acceptors (Lipinski definition) is 4. The second-order valence-corrected chi connectivity index (χ2v) is 6.27. The topological polar surface area (TPSA) is 87.7 Å². The summed E-state index contributed by atoms with van der Waals surface area (Å²) in [7, 11) is 0. The fraction of sp³-hybridized carbons (Fsp3) is 0.857. The van der Waals surface area contributed by atoms with Crippen LogP contribution in [0.2, 0.25) is 0 Å². The minimum atomic E-state index is -1.18. The molecule has 0 aromatic carbocycles. The lowest BCUT2D eigenvalue weighted by Gasteiger charge is -2.33. The summed E-state index contributed by atoms with van der Waals surface area (Å²) in [5, 5.41) is 14.7. The van der Waals surface area contributed by atoms with Gasteiger partial charge in [-0.05, 0) is 24.9 Å². The van der Waals surface area contributed by atoms with E-state index in [4.69, 9.17) is 4.74 Å². The van der Waals surface area contributed by atoms with Crippen LogP contribution in [0.4, 0.5) is 4.79 Å². The fourth-order valence-corrected chi connectivity index (χ4v) is 2.79. The van der Waals surface area contributed by atoms with Gasteiger partial charge in [0, 0.05) is 32.6 Å². The molecule has 0 atom stereocenters. The van der Waals surface area contributed by atoms with Crippen LogP contribution < -0.4 is 10.6 Å². The molecule has 1 aliphatic rings. The molecule has 1 fully saturated rings. The van der Waals surface area contributed by atoms with Gasteiger partial charge < -0.3 is 20.5 Å². The molecular formula is C14H26N2O4S. The van der Waals surface area contributed by atoms with Crippen LogP contribution in [0.25, 0.3) is 0 Å². The molecule has 3 N–H and O–H groups in total. The highest BCUT2D eigenvalue weighted by molar-refractivity contribution is 7.98. The zero-order valence-corrected chi connectivity index (χ0v) is 13.5. The van der Waals surface area contributed by atoms with Crippen molar-refractivity contribution in [3.05, 3.63) is 0 Å². The molecule has 7 heteroatoms. The van der Waals surface area contributed by atoms with Gasteiger partial charge >= 0.3 is 12.0 Å². The van der Waals surface area contributed by atoms with Crippen molar-refractivity contribution in [2.75, 3.05) is 31.8 Å². The Morgan fingerprint density at radius 2 is 1.86 bits per heavy atom. The zero-order chi connectivity index (χ0) is 15.6. The van der Waals surface area contributed by atoms with Gasteiger partial charge in [-0.15, -0.1) is 0 Å². The summed E-state index contributed by atoms with van der Waals surface area (Å²) < 4.78 is 5.17. The van der Waals surface area contributed by atoms with E-state index in [2.05, 4.69) is 16.9 Å². The maximum Gasteiger partial charge on any atom is 0.329 e. The average molecular weight is 318 g/mol. The number of carboxylic acids is 1. The number of amides is 2. The number of rotatable bonds is 9. The van der Waals surface area contributed by atoms with E-state index in [1.165, 1.54) is 18.6 Å². The Labute approximate surface area is 130 Å². The van der Waals surface area contributed by atoms with E-state index in [-0.39, 0.29) is 0 Å². The van der Waals surface area contributed by atoms with Crippen molar-refractivity contribution in [2.45, 2.75) is 44.1 Å². The smallest absolute Gasteiger partial charge is 0.329 e. The van der Waals surface area contributed by atoms with Gasteiger partial charge in [0.1, 0.15) is 5.54 Å². The first-order valence-corrected chi connectivity index (χ1v) is 8.86. The highest BCUT2D eigenvalue weighted by Gasteiger charge is 2.41. The third kappa shape index (κ3) is 6.56. The normalized spacial score (nSPS) is 17.2. The van der Waals surface area contributed by atoms with Gasteiger partial charge in [-0.3, -0.25) is 0 Å². The predicted molar refractivity (Wildman–Crippen MR) is 83.8 cm³/mol. The number of urea groups is 1. The molecule has 21 heavy (non-hydrogen) atoms. The minimum Gasteiger partial charge on any atom is -0.480 e. The molecule has 0 bridgehead atoms. The molecule has 1 aliphatic heterocycles. The lowest BCUT2D eigenvalue weighted by Crippen LogP contribution is -2.59. The summed E-state index contributed by atoms with van der Waals surface area (Å²) in [5.74, 6) is 0.190. The fourth-order valence-electron chi connectivity index (χ4n) is 2.30. The molecule has 1 heterocycles. The predicted octanol–water partition coefficient (Wildman–Crippen LogP) is 1.84. The van der Waals surface area contributed by atoms with Crippen LogP contribution in [0.5, 0.6) is 0 Å². The number of thioether (sulfide) groups is 1. The van der Waals surface area contributed by atoms with E-state index in [0.717, 1.165) is 12.8 Å². The number of unbranched alkanes of at least 4 members (excludes halogenated alkanes) is 3. The second kappa shape index (κ2) is 9.89. The zero-order valence-electron chi connectivity index (χ0n) is 12.7. The van der Waals surface area contributed by atoms with Gasteiger partial charge in [0.15, 0.2) is 0 Å². The van der Waals surface area contributed by atoms with Crippen LogP contribution in [0.15, 0.2) is 0 Å². The Morgan fingerprint density at radius 3 is 2.48 bits per heavy atom. The number of carboxylic acid groups (broad SMARTS) is 1. The maximum absolute atomic E-state index is 11.8. The van der Waals surface area contributed by atoms with Crippen molar-refractivity contribution in [3.8, 4) is 0 Å². The third-order valence-corrected chi connectivity index (χ3v) is 4.37. The van der Waals surface area contributed by atoms with E-state index < -0.39 is 17.5 Å². The van der Waals surface area contributed by atoms with Crippen LogP contribution in [-0.2, 0) is 9.53 Å². The molecule has 0 saturated carbocycles.